The first-order chi connectivity index (χ1) is 11.5. The second-order valence-corrected chi connectivity index (χ2v) is 5.93. The molecule has 1 aromatic carbocycles. The number of nitrogens with zero attached hydrogens (tertiary/aromatic N) is 3. The van der Waals surface area contributed by atoms with E-state index in [-0.39, 0.29) is 23.7 Å². The van der Waals surface area contributed by atoms with Gasteiger partial charge in [-0.3, -0.25) is 0 Å². The first-order valence-electron chi connectivity index (χ1n) is 7.23. The maximum Gasteiger partial charge on any atom is 0.343 e. The smallest absolute Gasteiger partial charge is 0.343 e. The van der Waals surface area contributed by atoms with Gasteiger partial charge in [0.15, 0.2) is 11.5 Å². The lowest BCUT2D eigenvalue weighted by atomic mass is 10.2. The van der Waals surface area contributed by atoms with Crippen LogP contribution in [0.5, 0.6) is 0 Å². The van der Waals surface area contributed by atoms with Crippen molar-refractivity contribution in [3.8, 4) is 0 Å². The normalized spacial score (nSPS) is 10.8. The third-order valence-electron chi connectivity index (χ3n) is 3.35. The van der Waals surface area contributed by atoms with Gasteiger partial charge in [0.25, 0.3) is 0 Å². The summed E-state index contributed by atoms with van der Waals surface area (Å²) in [6, 6.07) is 4.67. The zero-order chi connectivity index (χ0) is 17.3. The second kappa shape index (κ2) is 6.56. The molecule has 0 fully saturated rings. The number of ether oxygens (including phenoxy) is 1. The predicted octanol–water partition coefficient (Wildman–Crippen LogP) is 3.86. The average molecular weight is 393 g/mol. The molecule has 0 aliphatic heterocycles. The van der Waals surface area contributed by atoms with Crippen LogP contribution in [-0.4, -0.2) is 27.2 Å². The minimum Gasteiger partial charge on any atom is -0.462 e. The van der Waals surface area contributed by atoms with Crippen LogP contribution < -0.4 is 5.32 Å². The molecule has 0 unspecified atom stereocenters. The summed E-state index contributed by atoms with van der Waals surface area (Å²) in [5, 5.41) is 7.13. The van der Waals surface area contributed by atoms with Crippen molar-refractivity contribution in [3.05, 3.63) is 52.0 Å². The van der Waals surface area contributed by atoms with Gasteiger partial charge in [-0.2, -0.15) is 9.61 Å². The largest absolute Gasteiger partial charge is 0.462 e. The third kappa shape index (κ3) is 2.96. The highest BCUT2D eigenvalue weighted by molar-refractivity contribution is 9.10. The maximum atomic E-state index is 14.1. The maximum absolute atomic E-state index is 14.1. The first-order valence-corrected chi connectivity index (χ1v) is 8.03. The topological polar surface area (TPSA) is 68.5 Å². The summed E-state index contributed by atoms with van der Waals surface area (Å²) >= 11 is 3.34. The molecule has 2 heterocycles. The Morgan fingerprint density at radius 2 is 2.21 bits per heavy atom. The van der Waals surface area contributed by atoms with E-state index in [4.69, 9.17) is 4.74 Å². The summed E-state index contributed by atoms with van der Waals surface area (Å²) < 4.78 is 21.2. The number of carbonyl (C=O) groups excluding carboxylic acids is 1. The molecule has 0 radical (unpaired) electrons. The molecule has 3 rings (SSSR count). The molecule has 0 saturated heterocycles. The number of rotatable bonds is 4. The molecule has 3 aromatic rings. The number of hydrogen-bond donors (Lipinski definition) is 1. The quantitative estimate of drug-likeness (QED) is 0.682. The third-order valence-corrected chi connectivity index (χ3v) is 3.91. The summed E-state index contributed by atoms with van der Waals surface area (Å²) in [5.41, 5.74) is 1.78. The van der Waals surface area contributed by atoms with Gasteiger partial charge in [0.1, 0.15) is 11.4 Å². The number of nitrogens with one attached hydrogen (secondary N) is 1. The highest BCUT2D eigenvalue weighted by Gasteiger charge is 2.20. The van der Waals surface area contributed by atoms with E-state index in [0.29, 0.717) is 10.1 Å². The fraction of sp³-hybridized carbons (Fsp3) is 0.188. The predicted molar refractivity (Wildman–Crippen MR) is 91.1 cm³/mol. The van der Waals surface area contributed by atoms with E-state index in [1.807, 2.05) is 6.92 Å². The van der Waals surface area contributed by atoms with E-state index in [1.165, 1.54) is 16.8 Å². The zero-order valence-corrected chi connectivity index (χ0v) is 14.6. The summed E-state index contributed by atoms with van der Waals surface area (Å²) in [6.07, 6.45) is 2.94. The van der Waals surface area contributed by atoms with Crippen LogP contribution in [0.25, 0.3) is 5.65 Å². The minimum absolute atomic E-state index is 0.167. The summed E-state index contributed by atoms with van der Waals surface area (Å²) in [7, 11) is 0. The summed E-state index contributed by atoms with van der Waals surface area (Å²) in [4.78, 5) is 16.4. The van der Waals surface area contributed by atoms with Gasteiger partial charge >= 0.3 is 5.97 Å². The van der Waals surface area contributed by atoms with Crippen molar-refractivity contribution in [2.75, 3.05) is 11.9 Å². The number of esters is 1. The summed E-state index contributed by atoms with van der Waals surface area (Å²) in [6.45, 7) is 3.78. The van der Waals surface area contributed by atoms with Gasteiger partial charge in [0.2, 0.25) is 0 Å². The van der Waals surface area contributed by atoms with Gasteiger partial charge in [-0.1, -0.05) is 6.07 Å². The van der Waals surface area contributed by atoms with Crippen molar-refractivity contribution in [2.45, 2.75) is 13.8 Å². The molecule has 0 aliphatic carbocycles. The minimum atomic E-state index is -0.561. The van der Waals surface area contributed by atoms with E-state index in [1.54, 1.807) is 25.3 Å². The van der Waals surface area contributed by atoms with E-state index in [0.717, 1.165) is 5.56 Å². The molecule has 2 aromatic heterocycles. The number of fused-ring (bicyclic) bond motifs is 1. The molecule has 0 amide bonds. The lowest BCUT2D eigenvalue weighted by molar-refractivity contribution is 0.0526. The van der Waals surface area contributed by atoms with Crippen molar-refractivity contribution >= 4 is 39.1 Å². The number of aromatic nitrogens is 3. The van der Waals surface area contributed by atoms with Gasteiger partial charge < -0.3 is 10.1 Å². The number of carbonyl (C=O) groups is 1. The number of halogens is 2. The van der Waals surface area contributed by atoms with Gasteiger partial charge in [0, 0.05) is 6.20 Å². The number of benzene rings is 1. The van der Waals surface area contributed by atoms with Crippen LogP contribution in [0.3, 0.4) is 0 Å². The van der Waals surface area contributed by atoms with Crippen molar-refractivity contribution < 1.29 is 13.9 Å². The zero-order valence-electron chi connectivity index (χ0n) is 13.0. The van der Waals surface area contributed by atoms with Gasteiger partial charge in [0.05, 0.1) is 23.0 Å². The van der Waals surface area contributed by atoms with E-state index < -0.39 is 11.8 Å². The highest BCUT2D eigenvalue weighted by atomic mass is 79.9. The van der Waals surface area contributed by atoms with Crippen LogP contribution in [0.15, 0.2) is 35.1 Å². The molecule has 0 atom stereocenters. The highest BCUT2D eigenvalue weighted by Crippen LogP contribution is 2.27. The monoisotopic (exact) mass is 392 g/mol. The molecule has 0 aliphatic rings. The van der Waals surface area contributed by atoms with Crippen molar-refractivity contribution in [2.24, 2.45) is 0 Å². The lowest BCUT2D eigenvalue weighted by Gasteiger charge is -2.13. The Morgan fingerprint density at radius 3 is 2.96 bits per heavy atom. The molecule has 124 valence electrons. The average Bonchev–Trinajstić information content (AvgIpc) is 2.93. The molecule has 8 heteroatoms. The fourth-order valence-electron chi connectivity index (χ4n) is 2.24. The van der Waals surface area contributed by atoms with E-state index in [9.17, 15) is 9.18 Å². The molecule has 0 saturated carbocycles. The van der Waals surface area contributed by atoms with E-state index in [2.05, 4.69) is 31.3 Å². The molecule has 24 heavy (non-hydrogen) atoms. The Hall–Kier alpha value is -2.48. The van der Waals surface area contributed by atoms with Gasteiger partial charge in [-0.25, -0.2) is 14.2 Å². The molecule has 0 spiro atoms. The van der Waals surface area contributed by atoms with Crippen molar-refractivity contribution in [1.82, 2.24) is 14.6 Å². The fourth-order valence-corrected chi connectivity index (χ4v) is 2.61. The van der Waals surface area contributed by atoms with Crippen LogP contribution in [-0.2, 0) is 4.74 Å². The number of aryl methyl sites for hydroxylation is 1. The van der Waals surface area contributed by atoms with Gasteiger partial charge in [-0.15, -0.1) is 0 Å². The van der Waals surface area contributed by atoms with E-state index >= 15 is 0 Å². The van der Waals surface area contributed by atoms with Crippen LogP contribution in [0.4, 0.5) is 15.9 Å². The Balaban J connectivity index is 2.17. The van der Waals surface area contributed by atoms with Crippen molar-refractivity contribution in [3.63, 3.8) is 0 Å². The van der Waals surface area contributed by atoms with Gasteiger partial charge in [-0.05, 0) is 47.5 Å². The number of anilines is 2. The molecular weight excluding hydrogens is 379 g/mol. The van der Waals surface area contributed by atoms with Crippen LogP contribution >= 0.6 is 15.9 Å². The van der Waals surface area contributed by atoms with Crippen LogP contribution in [0.2, 0.25) is 0 Å². The Morgan fingerprint density at radius 1 is 1.42 bits per heavy atom. The Labute approximate surface area is 145 Å². The Bertz CT molecular complexity index is 926. The Kier molecular flexibility index (Phi) is 4.48. The van der Waals surface area contributed by atoms with Crippen LogP contribution in [0.1, 0.15) is 22.8 Å². The van der Waals surface area contributed by atoms with Crippen molar-refractivity contribution in [1.29, 1.82) is 0 Å². The number of hydrogen-bond acceptors (Lipinski definition) is 5. The molecule has 6 nitrogen and oxygen atoms in total. The summed E-state index contributed by atoms with van der Waals surface area (Å²) in [5.74, 6) is -0.714. The SMILES string of the molecule is CCOC(=O)c1cnc2c(Br)cnn2c1Nc1cc(C)ccc1F. The first kappa shape index (κ1) is 16.4. The lowest BCUT2D eigenvalue weighted by Crippen LogP contribution is -2.13. The standard InChI is InChI=1S/C16H14BrFN4O2/c1-3-24-16(23)10-7-19-15-11(17)8-20-22(15)14(10)21-13-6-9(2)4-5-12(13)18/h4-8,21H,3H2,1-2H3. The second-order valence-electron chi connectivity index (χ2n) is 5.08. The molecule has 1 N–H and O–H groups in total. The molecule has 0 bridgehead atoms. The molecular formula is C16H14BrFN4O2. The van der Waals surface area contributed by atoms with Crippen LogP contribution in [0, 0.1) is 12.7 Å².